The highest BCUT2D eigenvalue weighted by Gasteiger charge is 2.42. The molecule has 2 atom stereocenters. The van der Waals surface area contributed by atoms with Gasteiger partial charge in [-0.1, -0.05) is 26.8 Å². The number of likely N-dealkylation sites (tertiary alicyclic amines) is 1. The molecule has 1 aromatic carbocycles. The van der Waals surface area contributed by atoms with Crippen molar-refractivity contribution in [1.82, 2.24) is 24.8 Å². The summed E-state index contributed by atoms with van der Waals surface area (Å²) in [6, 6.07) is 6.07. The predicted octanol–water partition coefficient (Wildman–Crippen LogP) is 2.90. The zero-order chi connectivity index (χ0) is 28.1. The van der Waals surface area contributed by atoms with Crippen LogP contribution in [0.4, 0.5) is 23.3 Å². The van der Waals surface area contributed by atoms with E-state index in [1.54, 1.807) is 12.1 Å². The molecule has 2 aliphatic heterocycles. The van der Waals surface area contributed by atoms with Crippen LogP contribution in [0.2, 0.25) is 0 Å². The molecule has 0 saturated carbocycles. The van der Waals surface area contributed by atoms with Gasteiger partial charge in [-0.2, -0.15) is 9.98 Å². The van der Waals surface area contributed by atoms with Crippen LogP contribution >= 0.6 is 0 Å². The van der Waals surface area contributed by atoms with Gasteiger partial charge in [0.1, 0.15) is 23.2 Å². The molecule has 2 fully saturated rings. The minimum Gasteiger partial charge on any atom is -0.387 e. The van der Waals surface area contributed by atoms with Gasteiger partial charge in [-0.05, 0) is 43.5 Å². The molecule has 39 heavy (non-hydrogen) atoms. The van der Waals surface area contributed by atoms with Crippen LogP contribution in [0.3, 0.4) is 0 Å². The van der Waals surface area contributed by atoms with E-state index in [0.29, 0.717) is 57.7 Å². The third-order valence-electron chi connectivity index (χ3n) is 7.51. The number of carbonyl (C=O) groups excluding carboxylic acids is 1. The highest BCUT2D eigenvalue weighted by Crippen LogP contribution is 2.34. The lowest BCUT2D eigenvalue weighted by Crippen LogP contribution is -2.45. The topological polar surface area (TPSA) is 175 Å². The monoisotopic (exact) mass is 529 g/mol. The number of anilines is 4. The van der Waals surface area contributed by atoms with Crippen LogP contribution in [0.1, 0.15) is 49.5 Å². The number of nitrogens with one attached hydrogen (secondary N) is 2. The molecule has 12 heteroatoms. The third kappa shape index (κ3) is 5.24. The lowest BCUT2D eigenvalue weighted by molar-refractivity contribution is 0.100. The highest BCUT2D eigenvalue weighted by molar-refractivity contribution is 6.10. The number of piperazine rings is 1. The molecular weight excluding hydrogens is 494 g/mol. The van der Waals surface area contributed by atoms with Crippen LogP contribution in [0.25, 0.3) is 11.0 Å². The van der Waals surface area contributed by atoms with E-state index in [2.05, 4.69) is 42.1 Å². The van der Waals surface area contributed by atoms with Crippen molar-refractivity contribution >= 4 is 51.8 Å². The molecule has 0 spiro atoms. The van der Waals surface area contributed by atoms with Crippen molar-refractivity contribution in [3.05, 3.63) is 35.7 Å². The fourth-order valence-electron chi connectivity index (χ4n) is 4.99. The van der Waals surface area contributed by atoms with Gasteiger partial charge in [-0.3, -0.25) is 9.69 Å². The second kappa shape index (κ2) is 9.84. The number of rotatable bonds is 6. The van der Waals surface area contributed by atoms with Crippen molar-refractivity contribution in [2.75, 3.05) is 36.1 Å². The molecule has 2 bridgehead atoms. The molecule has 4 heterocycles. The number of nitrogens with two attached hydrogens (primary N) is 2. The van der Waals surface area contributed by atoms with Crippen molar-refractivity contribution in [3.8, 4) is 0 Å². The zero-order valence-electron chi connectivity index (χ0n) is 23.0. The minimum absolute atomic E-state index is 0.110. The summed E-state index contributed by atoms with van der Waals surface area (Å²) in [5.41, 5.74) is 15.3. The predicted molar refractivity (Wildman–Crippen MR) is 154 cm³/mol. The van der Waals surface area contributed by atoms with Gasteiger partial charge in [0.15, 0.2) is 11.6 Å². The largest absolute Gasteiger partial charge is 0.387 e. The number of amidine groups is 1. The van der Waals surface area contributed by atoms with Crippen molar-refractivity contribution in [2.45, 2.75) is 52.6 Å². The molecule has 0 aliphatic carbocycles. The first kappa shape index (κ1) is 26.4. The Balaban J connectivity index is 1.43. The summed E-state index contributed by atoms with van der Waals surface area (Å²) in [6.07, 6.45) is 2.63. The van der Waals surface area contributed by atoms with E-state index < -0.39 is 5.91 Å². The minimum atomic E-state index is -0.479. The van der Waals surface area contributed by atoms with Gasteiger partial charge in [0.2, 0.25) is 5.95 Å². The number of amides is 1. The number of nitrogens with zero attached hydrogens (tertiary/aromatic N) is 7. The van der Waals surface area contributed by atoms with E-state index in [1.807, 2.05) is 33.8 Å². The maximum Gasteiger partial charge on any atom is 0.278 e. The van der Waals surface area contributed by atoms with Crippen LogP contribution in [0, 0.1) is 17.7 Å². The molecule has 0 radical (unpaired) electrons. The smallest absolute Gasteiger partial charge is 0.278 e. The highest BCUT2D eigenvalue weighted by atomic mass is 16.1. The molecule has 2 aromatic heterocycles. The molecular formula is C27H35N11O. The number of benzene rings is 1. The first-order valence-electron chi connectivity index (χ1n) is 13.0. The summed E-state index contributed by atoms with van der Waals surface area (Å²) in [4.78, 5) is 39.7. The maximum absolute atomic E-state index is 12.9. The molecule has 2 saturated heterocycles. The summed E-state index contributed by atoms with van der Waals surface area (Å²) in [5, 5.41) is 11.5. The van der Waals surface area contributed by atoms with Gasteiger partial charge in [0.05, 0.1) is 0 Å². The standard InChI is InChI=1S/C27H35N11O/c1-14-6-7-15(25(39)34-20(29)10-19(28)27(2,3)4)8-18(14)33-24-22-21(31-13-32-24)23(30)36-26(35-22)38-12-16-9-17(38)11-37(16)5/h6-8,13,16-17,28H,9-12H2,1-5H3,(H2,29,34,39)(H2,30,35,36)(H,31,32,33). The van der Waals surface area contributed by atoms with E-state index in [-0.39, 0.29) is 17.7 Å². The first-order valence-corrected chi connectivity index (χ1v) is 13.0. The van der Waals surface area contributed by atoms with E-state index >= 15 is 0 Å². The Kier molecular flexibility index (Phi) is 6.67. The van der Waals surface area contributed by atoms with Crippen LogP contribution < -0.4 is 21.7 Å². The summed E-state index contributed by atoms with van der Waals surface area (Å²) < 4.78 is 0. The van der Waals surface area contributed by atoms with Crippen molar-refractivity contribution in [2.24, 2.45) is 16.1 Å². The summed E-state index contributed by atoms with van der Waals surface area (Å²) >= 11 is 0. The summed E-state index contributed by atoms with van der Waals surface area (Å²) in [5.74, 6) is 0.963. The normalized spacial score (nSPS) is 19.6. The average Bonchev–Trinajstić information content (AvgIpc) is 3.44. The Morgan fingerprint density at radius 2 is 1.95 bits per heavy atom. The van der Waals surface area contributed by atoms with E-state index in [1.165, 1.54) is 6.33 Å². The number of aliphatic imine (C=N–C) groups is 1. The fraction of sp³-hybridized carbons (Fsp3) is 0.444. The fourth-order valence-corrected chi connectivity index (χ4v) is 4.99. The summed E-state index contributed by atoms with van der Waals surface area (Å²) in [6.45, 7) is 9.52. The Bertz CT molecular complexity index is 1490. The van der Waals surface area contributed by atoms with Gasteiger partial charge in [-0.25, -0.2) is 15.0 Å². The third-order valence-corrected chi connectivity index (χ3v) is 7.51. The Morgan fingerprint density at radius 1 is 1.18 bits per heavy atom. The van der Waals surface area contributed by atoms with Crippen LogP contribution in [-0.4, -0.2) is 74.5 Å². The lowest BCUT2D eigenvalue weighted by Gasteiger charge is -2.32. The molecule has 2 unspecified atom stereocenters. The molecule has 1 amide bonds. The molecule has 3 aromatic rings. The number of aromatic nitrogens is 4. The quantitative estimate of drug-likeness (QED) is 0.274. The van der Waals surface area contributed by atoms with Gasteiger partial charge >= 0.3 is 0 Å². The number of hydrogen-bond donors (Lipinski definition) is 4. The number of carbonyl (C=O) groups is 1. The van der Waals surface area contributed by atoms with Gasteiger partial charge in [-0.15, -0.1) is 0 Å². The molecule has 204 valence electrons. The van der Waals surface area contributed by atoms with Crippen molar-refractivity contribution in [1.29, 1.82) is 5.41 Å². The maximum atomic E-state index is 12.9. The first-order chi connectivity index (χ1) is 18.4. The van der Waals surface area contributed by atoms with Crippen molar-refractivity contribution < 1.29 is 4.79 Å². The summed E-state index contributed by atoms with van der Waals surface area (Å²) in [7, 11) is 2.14. The SMILES string of the molecule is Cc1ccc(C(=O)N=C(N)CC(=N)C(C)(C)C)cc1Nc1ncnc2c(N)nc(N3CC4CC3CN4C)nc12. The van der Waals surface area contributed by atoms with Crippen LogP contribution in [0.5, 0.6) is 0 Å². The second-order valence-corrected chi connectivity index (χ2v) is 11.4. The van der Waals surface area contributed by atoms with Gasteiger partial charge in [0.25, 0.3) is 5.91 Å². The number of nitrogen functional groups attached to an aromatic ring is 1. The number of hydrogen-bond acceptors (Lipinski definition) is 10. The Hall–Kier alpha value is -4.19. The molecule has 5 rings (SSSR count). The lowest BCUT2D eigenvalue weighted by atomic mass is 9.88. The van der Waals surface area contributed by atoms with Gasteiger partial charge in [0, 0.05) is 48.6 Å². The van der Waals surface area contributed by atoms with Crippen LogP contribution in [-0.2, 0) is 0 Å². The van der Waals surface area contributed by atoms with Gasteiger partial charge < -0.3 is 27.1 Å². The van der Waals surface area contributed by atoms with E-state index in [9.17, 15) is 4.79 Å². The zero-order valence-corrected chi connectivity index (χ0v) is 23.0. The molecule has 6 N–H and O–H groups in total. The molecule has 2 aliphatic rings. The van der Waals surface area contributed by atoms with E-state index in [4.69, 9.17) is 21.9 Å². The number of likely N-dealkylation sites (N-methyl/N-ethyl adjacent to an activating group) is 1. The van der Waals surface area contributed by atoms with Crippen LogP contribution in [0.15, 0.2) is 29.5 Å². The van der Waals surface area contributed by atoms with E-state index in [0.717, 1.165) is 25.1 Å². The number of fused-ring (bicyclic) bond motifs is 3. The van der Waals surface area contributed by atoms with Crippen molar-refractivity contribution in [3.63, 3.8) is 0 Å². The molecule has 12 nitrogen and oxygen atoms in total. The average molecular weight is 530 g/mol. The Morgan fingerprint density at radius 3 is 2.62 bits per heavy atom. The second-order valence-electron chi connectivity index (χ2n) is 11.4. The Labute approximate surface area is 227 Å². The number of aryl methyl sites for hydroxylation is 1.